The monoisotopic (exact) mass is 315 g/mol. The van der Waals surface area contributed by atoms with Crippen LogP contribution in [0.4, 0.5) is 0 Å². The highest BCUT2D eigenvalue weighted by Gasteiger charge is 2.11. The molecule has 2 aromatic rings. The molecule has 0 fully saturated rings. The van der Waals surface area contributed by atoms with Crippen molar-refractivity contribution in [3.05, 3.63) is 53.0 Å². The van der Waals surface area contributed by atoms with Gasteiger partial charge in [-0.05, 0) is 12.5 Å². The molecule has 6 heteroatoms. The minimum atomic E-state index is -0.153. The zero-order valence-electron chi connectivity index (χ0n) is 13.2. The molecule has 2 rings (SSSR count). The number of ether oxygens (including phenoxy) is 1. The molecule has 1 aromatic heterocycles. The average molecular weight is 315 g/mol. The van der Waals surface area contributed by atoms with Crippen molar-refractivity contribution in [2.24, 2.45) is 0 Å². The first kappa shape index (κ1) is 16.9. The molecule has 0 aliphatic carbocycles. The Balaban J connectivity index is 2.30. The number of aromatic nitrogens is 2. The molecular weight excluding hydrogens is 294 g/mol. The summed E-state index contributed by atoms with van der Waals surface area (Å²) in [6.07, 6.45) is 2.73. The number of hydrogen-bond acceptors (Lipinski definition) is 4. The number of carbonyl (C=O) groups is 1. The Bertz CT molecular complexity index is 752. The Kier molecular flexibility index (Phi) is 6.05. The predicted molar refractivity (Wildman–Crippen MR) is 89.2 cm³/mol. The summed E-state index contributed by atoms with van der Waals surface area (Å²) >= 11 is 0. The summed E-state index contributed by atoms with van der Waals surface area (Å²) in [7, 11) is 1.58. The fraction of sp³-hybridized carbons (Fsp3) is 0.353. The summed E-state index contributed by atoms with van der Waals surface area (Å²) in [5, 5.41) is 8.56. The van der Waals surface area contributed by atoms with Gasteiger partial charge >= 0.3 is 0 Å². The van der Waals surface area contributed by atoms with Gasteiger partial charge in [-0.3, -0.25) is 9.59 Å². The molecule has 1 amide bonds. The zero-order valence-corrected chi connectivity index (χ0v) is 13.2. The molecule has 0 bridgehead atoms. The Morgan fingerprint density at radius 2 is 2.13 bits per heavy atom. The highest BCUT2D eigenvalue weighted by Crippen LogP contribution is 2.13. The van der Waals surface area contributed by atoms with Crippen molar-refractivity contribution in [1.82, 2.24) is 15.1 Å². The molecule has 1 aromatic carbocycles. The van der Waals surface area contributed by atoms with Crippen LogP contribution in [0.3, 0.4) is 0 Å². The standard InChI is InChI=1S/C17H21N3O3/c1-3-4-9-16(21)18-12-15-13-7-5-6-8-14(13)17(22)20(19-15)10-11-23-2/h3,5-8H,1,4,9-12H2,2H3,(H,18,21). The third kappa shape index (κ3) is 4.26. The van der Waals surface area contributed by atoms with Gasteiger partial charge in [-0.1, -0.05) is 24.3 Å². The van der Waals surface area contributed by atoms with Crippen LogP contribution >= 0.6 is 0 Å². The van der Waals surface area contributed by atoms with E-state index >= 15 is 0 Å². The normalized spacial score (nSPS) is 10.7. The van der Waals surface area contributed by atoms with E-state index in [0.29, 0.717) is 37.1 Å². The van der Waals surface area contributed by atoms with Crippen LogP contribution in [0.1, 0.15) is 18.5 Å². The number of rotatable bonds is 8. The van der Waals surface area contributed by atoms with E-state index in [1.807, 2.05) is 18.2 Å². The lowest BCUT2D eigenvalue weighted by Crippen LogP contribution is -2.29. The van der Waals surface area contributed by atoms with Crippen molar-refractivity contribution in [2.75, 3.05) is 13.7 Å². The van der Waals surface area contributed by atoms with Crippen molar-refractivity contribution in [3.63, 3.8) is 0 Å². The Labute approximate surface area is 134 Å². The van der Waals surface area contributed by atoms with Gasteiger partial charge in [0.05, 0.1) is 30.8 Å². The summed E-state index contributed by atoms with van der Waals surface area (Å²) in [6.45, 7) is 4.65. The van der Waals surface area contributed by atoms with Crippen molar-refractivity contribution < 1.29 is 9.53 Å². The number of nitrogens with zero attached hydrogens (tertiary/aromatic N) is 2. The quantitative estimate of drug-likeness (QED) is 0.751. The Hall–Kier alpha value is -2.47. The second kappa shape index (κ2) is 8.24. The number of methoxy groups -OCH3 is 1. The summed E-state index contributed by atoms with van der Waals surface area (Å²) in [4.78, 5) is 24.2. The molecule has 0 saturated heterocycles. The largest absolute Gasteiger partial charge is 0.383 e. The van der Waals surface area contributed by atoms with Crippen molar-refractivity contribution >= 4 is 16.7 Å². The number of fused-ring (bicyclic) bond motifs is 1. The maximum absolute atomic E-state index is 12.4. The van der Waals surface area contributed by atoms with E-state index in [2.05, 4.69) is 17.0 Å². The van der Waals surface area contributed by atoms with E-state index in [1.165, 1.54) is 4.68 Å². The van der Waals surface area contributed by atoms with Gasteiger partial charge in [-0.2, -0.15) is 5.10 Å². The molecule has 0 saturated carbocycles. The number of amides is 1. The van der Waals surface area contributed by atoms with Crippen LogP contribution in [0.25, 0.3) is 10.8 Å². The molecule has 0 aliphatic rings. The molecule has 0 aliphatic heterocycles. The third-order valence-electron chi connectivity index (χ3n) is 3.48. The smallest absolute Gasteiger partial charge is 0.274 e. The second-order valence-electron chi connectivity index (χ2n) is 5.12. The van der Waals surface area contributed by atoms with Gasteiger partial charge in [0, 0.05) is 18.9 Å². The molecule has 122 valence electrons. The van der Waals surface area contributed by atoms with Gasteiger partial charge in [0.25, 0.3) is 5.56 Å². The minimum Gasteiger partial charge on any atom is -0.383 e. The lowest BCUT2D eigenvalue weighted by atomic mass is 10.1. The van der Waals surface area contributed by atoms with Gasteiger partial charge in [-0.25, -0.2) is 4.68 Å². The highest BCUT2D eigenvalue weighted by atomic mass is 16.5. The molecule has 0 spiro atoms. The molecule has 0 radical (unpaired) electrons. The van der Waals surface area contributed by atoms with Gasteiger partial charge in [-0.15, -0.1) is 6.58 Å². The summed E-state index contributed by atoms with van der Waals surface area (Å²) in [6, 6.07) is 7.28. The van der Waals surface area contributed by atoms with Crippen LogP contribution in [0.15, 0.2) is 41.7 Å². The van der Waals surface area contributed by atoms with E-state index in [-0.39, 0.29) is 18.0 Å². The number of allylic oxidation sites excluding steroid dienone is 1. The predicted octanol–water partition coefficient (Wildman–Crippen LogP) is 1.63. The van der Waals surface area contributed by atoms with E-state index in [0.717, 1.165) is 5.39 Å². The van der Waals surface area contributed by atoms with Gasteiger partial charge < -0.3 is 10.1 Å². The average Bonchev–Trinajstić information content (AvgIpc) is 2.58. The lowest BCUT2D eigenvalue weighted by Gasteiger charge is -2.11. The Morgan fingerprint density at radius 3 is 2.83 bits per heavy atom. The Morgan fingerprint density at radius 1 is 1.39 bits per heavy atom. The van der Waals surface area contributed by atoms with Crippen LogP contribution in [0, 0.1) is 0 Å². The first-order valence-electron chi connectivity index (χ1n) is 7.52. The molecule has 0 atom stereocenters. The SMILES string of the molecule is C=CCCC(=O)NCc1nn(CCOC)c(=O)c2ccccc12. The van der Waals surface area contributed by atoms with Crippen LogP contribution in [0.5, 0.6) is 0 Å². The number of carbonyl (C=O) groups excluding carboxylic acids is 1. The maximum Gasteiger partial charge on any atom is 0.274 e. The van der Waals surface area contributed by atoms with Crippen LogP contribution < -0.4 is 10.9 Å². The van der Waals surface area contributed by atoms with Crippen molar-refractivity contribution in [1.29, 1.82) is 0 Å². The lowest BCUT2D eigenvalue weighted by molar-refractivity contribution is -0.121. The van der Waals surface area contributed by atoms with Gasteiger partial charge in [0.1, 0.15) is 0 Å². The van der Waals surface area contributed by atoms with E-state index in [9.17, 15) is 9.59 Å². The van der Waals surface area contributed by atoms with Crippen molar-refractivity contribution in [3.8, 4) is 0 Å². The molecule has 6 nitrogen and oxygen atoms in total. The summed E-state index contributed by atoms with van der Waals surface area (Å²) in [5.41, 5.74) is 0.516. The third-order valence-corrected chi connectivity index (χ3v) is 3.48. The molecular formula is C17H21N3O3. The first-order chi connectivity index (χ1) is 11.2. The van der Waals surface area contributed by atoms with Crippen LogP contribution in [-0.4, -0.2) is 29.4 Å². The fourth-order valence-corrected chi connectivity index (χ4v) is 2.27. The number of nitrogens with one attached hydrogen (secondary N) is 1. The van der Waals surface area contributed by atoms with Gasteiger partial charge in [0.2, 0.25) is 5.91 Å². The first-order valence-corrected chi connectivity index (χ1v) is 7.52. The molecule has 23 heavy (non-hydrogen) atoms. The minimum absolute atomic E-state index is 0.0644. The van der Waals surface area contributed by atoms with E-state index in [1.54, 1.807) is 19.3 Å². The topological polar surface area (TPSA) is 73.2 Å². The van der Waals surface area contributed by atoms with Gasteiger partial charge in [0.15, 0.2) is 0 Å². The molecule has 1 N–H and O–H groups in total. The van der Waals surface area contributed by atoms with Crippen LogP contribution in [0.2, 0.25) is 0 Å². The van der Waals surface area contributed by atoms with Crippen LogP contribution in [-0.2, 0) is 22.6 Å². The van der Waals surface area contributed by atoms with Crippen molar-refractivity contribution in [2.45, 2.75) is 25.9 Å². The zero-order chi connectivity index (χ0) is 16.7. The summed E-state index contributed by atoms with van der Waals surface area (Å²) < 4.78 is 6.40. The van der Waals surface area contributed by atoms with E-state index < -0.39 is 0 Å². The fourth-order valence-electron chi connectivity index (χ4n) is 2.27. The van der Waals surface area contributed by atoms with E-state index in [4.69, 9.17) is 4.74 Å². The highest BCUT2D eigenvalue weighted by molar-refractivity contribution is 5.84. The summed E-state index contributed by atoms with van der Waals surface area (Å²) in [5.74, 6) is -0.0644. The molecule has 1 heterocycles. The maximum atomic E-state index is 12.4. The number of hydrogen-bond donors (Lipinski definition) is 1. The number of benzene rings is 1. The second-order valence-corrected chi connectivity index (χ2v) is 5.12. The molecule has 0 unspecified atom stereocenters.